The summed E-state index contributed by atoms with van der Waals surface area (Å²) in [6.07, 6.45) is 5.98. The molecule has 1 unspecified atom stereocenters. The van der Waals surface area contributed by atoms with Gasteiger partial charge < -0.3 is 5.32 Å². The minimum atomic E-state index is 0.139. The maximum Gasteiger partial charge on any atom is 0.0465 e. The normalized spacial score (nSPS) is 12.1. The Morgan fingerprint density at radius 2 is 2.33 bits per heavy atom. The predicted molar refractivity (Wildman–Crippen MR) is 69.0 cm³/mol. The molecule has 0 aromatic heterocycles. The zero-order valence-electron chi connectivity index (χ0n) is 8.56. The van der Waals surface area contributed by atoms with Crippen LogP contribution >= 0.6 is 27.5 Å². The minimum absolute atomic E-state index is 0.139. The van der Waals surface area contributed by atoms with Gasteiger partial charge in [0, 0.05) is 22.0 Å². The van der Waals surface area contributed by atoms with Gasteiger partial charge in [0.05, 0.1) is 0 Å². The zero-order chi connectivity index (χ0) is 11.3. The van der Waals surface area contributed by atoms with Gasteiger partial charge in [-0.2, -0.15) is 0 Å². The van der Waals surface area contributed by atoms with E-state index in [1.807, 2.05) is 18.2 Å². The first-order valence-electron chi connectivity index (χ1n) is 4.80. The van der Waals surface area contributed by atoms with Gasteiger partial charge >= 0.3 is 0 Å². The molecule has 0 saturated heterocycles. The summed E-state index contributed by atoms with van der Waals surface area (Å²) in [6.45, 7) is 2.93. The summed E-state index contributed by atoms with van der Waals surface area (Å²) >= 11 is 9.54. The summed E-state index contributed by atoms with van der Waals surface area (Å²) in [4.78, 5) is 0. The third-order valence-corrected chi connectivity index (χ3v) is 2.93. The average molecular weight is 287 g/mol. The van der Waals surface area contributed by atoms with Gasteiger partial charge in [0.1, 0.15) is 0 Å². The molecular formula is C12H13BrClN. The molecule has 15 heavy (non-hydrogen) atoms. The molecule has 80 valence electrons. The van der Waals surface area contributed by atoms with Gasteiger partial charge in [-0.05, 0) is 24.2 Å². The Hall–Kier alpha value is -0.490. The molecule has 0 aliphatic carbocycles. The van der Waals surface area contributed by atoms with Crippen LogP contribution in [0.3, 0.4) is 0 Å². The summed E-state index contributed by atoms with van der Waals surface area (Å²) < 4.78 is 0.979. The van der Waals surface area contributed by atoms with Crippen LogP contribution in [-0.4, -0.2) is 6.54 Å². The van der Waals surface area contributed by atoms with Crippen molar-refractivity contribution >= 4 is 27.5 Å². The number of benzene rings is 1. The van der Waals surface area contributed by atoms with Crippen molar-refractivity contribution in [3.05, 3.63) is 33.3 Å². The molecule has 0 amide bonds. The van der Waals surface area contributed by atoms with Crippen LogP contribution in [-0.2, 0) is 0 Å². The highest BCUT2D eigenvalue weighted by Crippen LogP contribution is 2.27. The first kappa shape index (κ1) is 12.6. The van der Waals surface area contributed by atoms with Crippen LogP contribution in [0.5, 0.6) is 0 Å². The molecule has 0 heterocycles. The molecule has 3 heteroatoms. The van der Waals surface area contributed by atoms with E-state index in [9.17, 15) is 0 Å². The fraction of sp³-hybridized carbons (Fsp3) is 0.333. The molecule has 0 bridgehead atoms. The van der Waals surface area contributed by atoms with Crippen LogP contribution in [0.1, 0.15) is 24.9 Å². The smallest absolute Gasteiger partial charge is 0.0465 e. The number of hydrogen-bond donors (Lipinski definition) is 1. The van der Waals surface area contributed by atoms with Crippen molar-refractivity contribution in [3.63, 3.8) is 0 Å². The van der Waals surface area contributed by atoms with E-state index < -0.39 is 0 Å². The van der Waals surface area contributed by atoms with Crippen molar-refractivity contribution < 1.29 is 0 Å². The van der Waals surface area contributed by atoms with Crippen molar-refractivity contribution in [2.24, 2.45) is 0 Å². The first-order chi connectivity index (χ1) is 7.19. The van der Waals surface area contributed by atoms with Gasteiger partial charge in [-0.25, -0.2) is 0 Å². The molecule has 0 radical (unpaired) electrons. The molecular weight excluding hydrogens is 273 g/mol. The number of nitrogens with one attached hydrogen (secondary N) is 1. The third-order valence-electron chi connectivity index (χ3n) is 2.11. The third kappa shape index (κ3) is 3.53. The second-order valence-electron chi connectivity index (χ2n) is 3.18. The quantitative estimate of drug-likeness (QED) is 0.831. The van der Waals surface area contributed by atoms with Crippen molar-refractivity contribution in [2.75, 3.05) is 6.54 Å². The first-order valence-corrected chi connectivity index (χ1v) is 5.98. The van der Waals surface area contributed by atoms with E-state index in [1.54, 1.807) is 0 Å². The van der Waals surface area contributed by atoms with Crippen molar-refractivity contribution in [1.29, 1.82) is 0 Å². The molecule has 0 fully saturated rings. The van der Waals surface area contributed by atoms with E-state index in [0.29, 0.717) is 6.42 Å². The van der Waals surface area contributed by atoms with E-state index in [2.05, 4.69) is 34.1 Å². The molecule has 0 saturated carbocycles. The second-order valence-corrected chi connectivity index (χ2v) is 4.51. The molecule has 1 nitrogen and oxygen atoms in total. The summed E-state index contributed by atoms with van der Waals surface area (Å²) in [5.41, 5.74) is 1.06. The Morgan fingerprint density at radius 3 is 2.87 bits per heavy atom. The minimum Gasteiger partial charge on any atom is -0.309 e. The van der Waals surface area contributed by atoms with Crippen LogP contribution in [0.15, 0.2) is 22.7 Å². The van der Waals surface area contributed by atoms with Crippen molar-refractivity contribution in [3.8, 4) is 12.3 Å². The lowest BCUT2D eigenvalue weighted by Crippen LogP contribution is -2.20. The molecule has 1 rings (SSSR count). The highest BCUT2D eigenvalue weighted by atomic mass is 79.9. The molecule has 0 aliphatic rings. The molecule has 1 aromatic carbocycles. The lowest BCUT2D eigenvalue weighted by molar-refractivity contribution is 0.565. The highest BCUT2D eigenvalue weighted by molar-refractivity contribution is 9.10. The van der Waals surface area contributed by atoms with Crippen LogP contribution < -0.4 is 5.32 Å². The van der Waals surface area contributed by atoms with Crippen molar-refractivity contribution in [2.45, 2.75) is 19.4 Å². The van der Waals surface area contributed by atoms with E-state index in [-0.39, 0.29) is 6.04 Å². The standard InChI is InChI=1S/C12H13BrClN/c1-3-5-12(15-4-2)10-7-6-9(13)8-11(10)14/h1,6-8,12,15H,4-5H2,2H3. The highest BCUT2D eigenvalue weighted by Gasteiger charge is 2.12. The lowest BCUT2D eigenvalue weighted by Gasteiger charge is -2.17. The summed E-state index contributed by atoms with van der Waals surface area (Å²) in [6, 6.07) is 6.00. The van der Waals surface area contributed by atoms with Gasteiger partial charge in [-0.1, -0.05) is 40.5 Å². The Balaban J connectivity index is 2.95. The fourth-order valence-electron chi connectivity index (χ4n) is 1.44. The fourth-order valence-corrected chi connectivity index (χ4v) is 2.25. The van der Waals surface area contributed by atoms with E-state index in [1.165, 1.54) is 0 Å². The Morgan fingerprint density at radius 1 is 1.60 bits per heavy atom. The van der Waals surface area contributed by atoms with Gasteiger partial charge in [-0.3, -0.25) is 0 Å². The zero-order valence-corrected chi connectivity index (χ0v) is 10.9. The molecule has 1 aromatic rings. The number of hydrogen-bond acceptors (Lipinski definition) is 1. The van der Waals surface area contributed by atoms with Gasteiger partial charge in [-0.15, -0.1) is 12.3 Å². The Labute approximate surface area is 104 Å². The van der Waals surface area contributed by atoms with Crippen LogP contribution in [0.4, 0.5) is 0 Å². The largest absolute Gasteiger partial charge is 0.309 e. The predicted octanol–water partition coefficient (Wildman–Crippen LogP) is 3.78. The molecule has 0 aliphatic heterocycles. The van der Waals surface area contributed by atoms with Gasteiger partial charge in [0.15, 0.2) is 0 Å². The average Bonchev–Trinajstić information content (AvgIpc) is 2.17. The van der Waals surface area contributed by atoms with Gasteiger partial charge in [0.2, 0.25) is 0 Å². The summed E-state index contributed by atoms with van der Waals surface area (Å²) in [5.74, 6) is 2.66. The van der Waals surface area contributed by atoms with Gasteiger partial charge in [0.25, 0.3) is 0 Å². The summed E-state index contributed by atoms with van der Waals surface area (Å²) in [7, 11) is 0. The summed E-state index contributed by atoms with van der Waals surface area (Å²) in [5, 5.41) is 4.06. The van der Waals surface area contributed by atoms with E-state index >= 15 is 0 Å². The topological polar surface area (TPSA) is 12.0 Å². The number of rotatable bonds is 4. The van der Waals surface area contributed by atoms with E-state index in [0.717, 1.165) is 21.6 Å². The Kier molecular flexibility index (Phi) is 5.17. The van der Waals surface area contributed by atoms with E-state index in [4.69, 9.17) is 18.0 Å². The molecule has 1 atom stereocenters. The molecule has 1 N–H and O–H groups in total. The van der Waals surface area contributed by atoms with Crippen molar-refractivity contribution in [1.82, 2.24) is 5.32 Å². The number of halogens is 2. The maximum atomic E-state index is 6.16. The van der Waals surface area contributed by atoms with Crippen LogP contribution in [0.2, 0.25) is 5.02 Å². The van der Waals surface area contributed by atoms with Crippen LogP contribution in [0.25, 0.3) is 0 Å². The second kappa shape index (κ2) is 6.17. The monoisotopic (exact) mass is 285 g/mol. The van der Waals surface area contributed by atoms with Crippen LogP contribution in [0, 0.1) is 12.3 Å². The lowest BCUT2D eigenvalue weighted by atomic mass is 10.0. The molecule has 0 spiro atoms. The number of terminal acetylenes is 1. The Bertz CT molecular complexity index is 370. The maximum absolute atomic E-state index is 6.16. The SMILES string of the molecule is C#CCC(NCC)c1ccc(Br)cc1Cl.